The number of thiophene rings is 1. The van der Waals surface area contributed by atoms with Crippen LogP contribution >= 0.6 is 27.3 Å². The Kier molecular flexibility index (Phi) is 3.13. The fourth-order valence-corrected chi connectivity index (χ4v) is 2.20. The fourth-order valence-electron chi connectivity index (χ4n) is 1.07. The van der Waals surface area contributed by atoms with Gasteiger partial charge in [0, 0.05) is 23.5 Å². The number of hydrogen-bond donors (Lipinski definition) is 1. The van der Waals surface area contributed by atoms with Crippen molar-refractivity contribution in [3.8, 4) is 0 Å². The first-order valence-corrected chi connectivity index (χ1v) is 5.88. The lowest BCUT2D eigenvalue weighted by Gasteiger charge is -2.01. The minimum atomic E-state index is -0.108. The second-order valence-electron chi connectivity index (χ2n) is 2.83. The largest absolute Gasteiger partial charge is 0.322 e. The molecule has 0 aromatic carbocycles. The number of nitrogens with one attached hydrogen (secondary N) is 1. The summed E-state index contributed by atoms with van der Waals surface area (Å²) in [7, 11) is 0. The molecule has 15 heavy (non-hydrogen) atoms. The molecule has 2 aromatic heterocycles. The van der Waals surface area contributed by atoms with E-state index in [2.05, 4.69) is 26.2 Å². The molecule has 76 valence electrons. The molecule has 2 aromatic rings. The number of halogens is 1. The van der Waals surface area contributed by atoms with Crippen molar-refractivity contribution in [2.45, 2.75) is 0 Å². The molecule has 3 nitrogen and oxygen atoms in total. The third-order valence-corrected chi connectivity index (χ3v) is 3.27. The van der Waals surface area contributed by atoms with Crippen LogP contribution in [0.5, 0.6) is 0 Å². The van der Waals surface area contributed by atoms with E-state index in [9.17, 15) is 4.79 Å². The number of carbonyl (C=O) groups is 1. The van der Waals surface area contributed by atoms with Gasteiger partial charge in [-0.25, -0.2) is 0 Å². The van der Waals surface area contributed by atoms with Gasteiger partial charge in [0.1, 0.15) is 0 Å². The minimum absolute atomic E-state index is 0.108. The van der Waals surface area contributed by atoms with Gasteiger partial charge in [0.25, 0.3) is 5.91 Å². The number of rotatable bonds is 2. The summed E-state index contributed by atoms with van der Waals surface area (Å²) < 4.78 is 0.947. The van der Waals surface area contributed by atoms with Crippen molar-refractivity contribution in [1.29, 1.82) is 0 Å². The Bertz CT molecular complexity index is 469. The highest BCUT2D eigenvalue weighted by atomic mass is 79.9. The van der Waals surface area contributed by atoms with Gasteiger partial charge in [-0.2, -0.15) is 0 Å². The van der Waals surface area contributed by atoms with Crippen LogP contribution in [0.25, 0.3) is 0 Å². The Morgan fingerprint density at radius 3 is 2.73 bits per heavy atom. The number of carbonyl (C=O) groups excluding carboxylic acids is 1. The maximum absolute atomic E-state index is 11.7. The summed E-state index contributed by atoms with van der Waals surface area (Å²) in [6, 6.07) is 5.29. The van der Waals surface area contributed by atoms with E-state index in [-0.39, 0.29) is 5.91 Å². The highest BCUT2D eigenvalue weighted by molar-refractivity contribution is 9.11. The van der Waals surface area contributed by atoms with E-state index in [1.165, 1.54) is 11.3 Å². The molecule has 0 spiro atoms. The van der Waals surface area contributed by atoms with Crippen molar-refractivity contribution in [1.82, 2.24) is 4.98 Å². The van der Waals surface area contributed by atoms with Crippen LogP contribution in [0.4, 0.5) is 5.69 Å². The van der Waals surface area contributed by atoms with Crippen LogP contribution in [0, 0.1) is 0 Å². The van der Waals surface area contributed by atoms with Gasteiger partial charge in [-0.3, -0.25) is 9.78 Å². The standard InChI is InChI=1S/C10H7BrN2OS/c11-9-5-7(6-15-9)10(14)13-8-1-3-12-4-2-8/h1-6H,(H,12,13,14). The Hall–Kier alpha value is -1.20. The third kappa shape index (κ3) is 2.64. The SMILES string of the molecule is O=C(Nc1ccncc1)c1csc(Br)c1. The van der Waals surface area contributed by atoms with Crippen molar-refractivity contribution in [2.24, 2.45) is 0 Å². The second kappa shape index (κ2) is 4.55. The maximum atomic E-state index is 11.7. The first-order chi connectivity index (χ1) is 7.25. The highest BCUT2D eigenvalue weighted by Crippen LogP contribution is 2.21. The van der Waals surface area contributed by atoms with Crippen molar-refractivity contribution < 1.29 is 4.79 Å². The molecular formula is C10H7BrN2OS. The molecule has 1 amide bonds. The predicted octanol–water partition coefficient (Wildman–Crippen LogP) is 3.16. The summed E-state index contributed by atoms with van der Waals surface area (Å²) in [6.07, 6.45) is 3.28. The molecule has 0 aliphatic carbocycles. The van der Waals surface area contributed by atoms with E-state index in [1.54, 1.807) is 36.0 Å². The van der Waals surface area contributed by atoms with Gasteiger partial charge in [-0.1, -0.05) is 0 Å². The molecule has 5 heteroatoms. The number of hydrogen-bond acceptors (Lipinski definition) is 3. The zero-order valence-corrected chi connectivity index (χ0v) is 10.0. The predicted molar refractivity (Wildman–Crippen MR) is 64.2 cm³/mol. The van der Waals surface area contributed by atoms with E-state index in [0.29, 0.717) is 5.56 Å². The van der Waals surface area contributed by atoms with E-state index >= 15 is 0 Å². The van der Waals surface area contributed by atoms with Crippen LogP contribution in [0.1, 0.15) is 10.4 Å². The van der Waals surface area contributed by atoms with E-state index in [0.717, 1.165) is 9.47 Å². The maximum Gasteiger partial charge on any atom is 0.256 e. The van der Waals surface area contributed by atoms with E-state index in [1.807, 2.05) is 0 Å². The third-order valence-electron chi connectivity index (χ3n) is 1.77. The molecule has 1 N–H and O–H groups in total. The lowest BCUT2D eigenvalue weighted by atomic mass is 10.3. The van der Waals surface area contributed by atoms with Gasteiger partial charge in [0.05, 0.1) is 9.35 Å². The summed E-state index contributed by atoms with van der Waals surface area (Å²) in [4.78, 5) is 15.6. The molecule has 0 aliphatic heterocycles. The van der Waals surface area contributed by atoms with Gasteiger partial charge in [-0.15, -0.1) is 11.3 Å². The number of amides is 1. The molecule has 2 heterocycles. The van der Waals surface area contributed by atoms with Crippen LogP contribution in [0.2, 0.25) is 0 Å². The summed E-state index contributed by atoms with van der Waals surface area (Å²) >= 11 is 4.80. The molecule has 0 saturated carbocycles. The topological polar surface area (TPSA) is 42.0 Å². The first kappa shape index (κ1) is 10.3. The highest BCUT2D eigenvalue weighted by Gasteiger charge is 2.07. The lowest BCUT2D eigenvalue weighted by Crippen LogP contribution is -2.10. The van der Waals surface area contributed by atoms with Crippen LogP contribution in [-0.2, 0) is 0 Å². The molecule has 0 saturated heterocycles. The Morgan fingerprint density at radius 1 is 1.40 bits per heavy atom. The minimum Gasteiger partial charge on any atom is -0.322 e. The van der Waals surface area contributed by atoms with Gasteiger partial charge in [0.15, 0.2) is 0 Å². The fraction of sp³-hybridized carbons (Fsp3) is 0. The van der Waals surface area contributed by atoms with Gasteiger partial charge in [0.2, 0.25) is 0 Å². The zero-order chi connectivity index (χ0) is 10.7. The summed E-state index contributed by atoms with van der Waals surface area (Å²) in [5, 5.41) is 4.58. The smallest absolute Gasteiger partial charge is 0.256 e. The monoisotopic (exact) mass is 282 g/mol. The Morgan fingerprint density at radius 2 is 2.13 bits per heavy atom. The normalized spacial score (nSPS) is 9.93. The number of anilines is 1. The van der Waals surface area contributed by atoms with Crippen LogP contribution < -0.4 is 5.32 Å². The van der Waals surface area contributed by atoms with Crippen molar-refractivity contribution in [2.75, 3.05) is 5.32 Å². The van der Waals surface area contributed by atoms with Gasteiger partial charge in [-0.05, 0) is 34.1 Å². The molecule has 0 aliphatic rings. The summed E-state index contributed by atoms with van der Waals surface area (Å²) in [5.41, 5.74) is 1.40. The Labute approximate surface area is 99.3 Å². The van der Waals surface area contributed by atoms with Crippen molar-refractivity contribution >= 4 is 38.9 Å². The summed E-state index contributed by atoms with van der Waals surface area (Å²) in [6.45, 7) is 0. The molecular weight excluding hydrogens is 276 g/mol. The van der Waals surface area contributed by atoms with Gasteiger partial charge >= 0.3 is 0 Å². The first-order valence-electron chi connectivity index (χ1n) is 4.21. The average molecular weight is 283 g/mol. The molecule has 0 radical (unpaired) electrons. The van der Waals surface area contributed by atoms with Crippen molar-refractivity contribution in [3.05, 3.63) is 45.3 Å². The Balaban J connectivity index is 2.11. The molecule has 2 rings (SSSR count). The van der Waals surface area contributed by atoms with Crippen LogP contribution in [-0.4, -0.2) is 10.9 Å². The van der Waals surface area contributed by atoms with E-state index in [4.69, 9.17) is 0 Å². The molecule has 0 bridgehead atoms. The molecule has 0 atom stereocenters. The quantitative estimate of drug-likeness (QED) is 0.919. The second-order valence-corrected chi connectivity index (χ2v) is 5.12. The molecule has 0 fully saturated rings. The van der Waals surface area contributed by atoms with Crippen LogP contribution in [0.3, 0.4) is 0 Å². The average Bonchev–Trinajstić information content (AvgIpc) is 2.66. The number of pyridine rings is 1. The van der Waals surface area contributed by atoms with Crippen molar-refractivity contribution in [3.63, 3.8) is 0 Å². The number of nitrogens with zero attached hydrogens (tertiary/aromatic N) is 1. The zero-order valence-electron chi connectivity index (χ0n) is 7.61. The molecule has 0 unspecified atom stereocenters. The lowest BCUT2D eigenvalue weighted by molar-refractivity contribution is 0.102. The number of aromatic nitrogens is 1. The van der Waals surface area contributed by atoms with E-state index < -0.39 is 0 Å². The summed E-state index contributed by atoms with van der Waals surface area (Å²) in [5.74, 6) is -0.108. The van der Waals surface area contributed by atoms with Crippen LogP contribution in [0.15, 0.2) is 39.8 Å². The van der Waals surface area contributed by atoms with Gasteiger partial charge < -0.3 is 5.32 Å².